The van der Waals surface area contributed by atoms with Crippen LogP contribution < -0.4 is 5.32 Å². The summed E-state index contributed by atoms with van der Waals surface area (Å²) in [7, 11) is -4.26. The molecule has 1 fully saturated rings. The van der Waals surface area contributed by atoms with E-state index in [4.69, 9.17) is 4.42 Å². The van der Waals surface area contributed by atoms with Gasteiger partial charge in [0.1, 0.15) is 29.1 Å². The standard InChI is InChI=1S/C28H28FN3O6S/c29-20-14-12-19(13-15-20)26(27(34)30-21-7-2-1-3-8-21)31(17-22-9-6-16-38-22)25(33)18-32-28(35)23-10-4-5-11-24(23)39(32,36)37/h4-6,9-16,21,26H,1-3,7-8,17-18H2,(H,30,34)/t26-/m1/s1. The molecular weight excluding hydrogens is 525 g/mol. The Morgan fingerprint density at radius 3 is 2.41 bits per heavy atom. The number of hydrogen-bond donors (Lipinski definition) is 1. The first kappa shape index (κ1) is 26.6. The topological polar surface area (TPSA) is 117 Å². The molecule has 2 heterocycles. The van der Waals surface area contributed by atoms with Crippen LogP contribution in [0.3, 0.4) is 0 Å². The minimum Gasteiger partial charge on any atom is -0.467 e. The molecule has 11 heteroatoms. The molecular formula is C28H28FN3O6S. The Bertz CT molecular complexity index is 1470. The van der Waals surface area contributed by atoms with E-state index < -0.39 is 46.1 Å². The van der Waals surface area contributed by atoms with Crippen molar-refractivity contribution in [2.45, 2.75) is 55.6 Å². The second-order valence-electron chi connectivity index (χ2n) is 9.71. The number of fused-ring (bicyclic) bond motifs is 1. The Balaban J connectivity index is 1.50. The van der Waals surface area contributed by atoms with Crippen LogP contribution in [-0.4, -0.2) is 47.9 Å². The van der Waals surface area contributed by atoms with E-state index in [0.29, 0.717) is 15.6 Å². The predicted molar refractivity (Wildman–Crippen MR) is 138 cm³/mol. The van der Waals surface area contributed by atoms with Gasteiger partial charge in [-0.1, -0.05) is 43.5 Å². The van der Waals surface area contributed by atoms with Crippen LogP contribution in [0.1, 0.15) is 59.8 Å². The summed E-state index contributed by atoms with van der Waals surface area (Å²) < 4.78 is 46.1. The number of carbonyl (C=O) groups is 3. The highest BCUT2D eigenvalue weighted by atomic mass is 32.2. The molecule has 1 aromatic heterocycles. The van der Waals surface area contributed by atoms with E-state index in [-0.39, 0.29) is 23.0 Å². The summed E-state index contributed by atoms with van der Waals surface area (Å²) in [6.07, 6.45) is 6.03. The summed E-state index contributed by atoms with van der Waals surface area (Å²) in [5.74, 6) is -2.25. The van der Waals surface area contributed by atoms with Gasteiger partial charge in [-0.3, -0.25) is 14.4 Å². The van der Waals surface area contributed by atoms with E-state index >= 15 is 0 Å². The van der Waals surface area contributed by atoms with Crippen LogP contribution in [0.25, 0.3) is 0 Å². The highest BCUT2D eigenvalue weighted by Gasteiger charge is 2.44. The van der Waals surface area contributed by atoms with Gasteiger partial charge in [-0.25, -0.2) is 17.1 Å². The van der Waals surface area contributed by atoms with Crippen LogP contribution in [0.5, 0.6) is 0 Å². The highest BCUT2D eigenvalue weighted by Crippen LogP contribution is 2.31. The zero-order valence-corrected chi connectivity index (χ0v) is 21.9. The molecule has 0 spiro atoms. The van der Waals surface area contributed by atoms with Crippen LogP contribution in [-0.2, 0) is 26.2 Å². The Kier molecular flexibility index (Phi) is 7.51. The monoisotopic (exact) mass is 553 g/mol. The van der Waals surface area contributed by atoms with Gasteiger partial charge >= 0.3 is 0 Å². The molecule has 0 unspecified atom stereocenters. The van der Waals surface area contributed by atoms with Crippen molar-refractivity contribution in [1.29, 1.82) is 0 Å². The van der Waals surface area contributed by atoms with E-state index in [9.17, 15) is 27.2 Å². The Labute approximate surface area is 225 Å². The first-order chi connectivity index (χ1) is 18.8. The first-order valence-corrected chi connectivity index (χ1v) is 14.2. The van der Waals surface area contributed by atoms with Crippen LogP contribution in [0, 0.1) is 5.82 Å². The molecule has 3 amide bonds. The fourth-order valence-corrected chi connectivity index (χ4v) is 6.66. The zero-order valence-electron chi connectivity index (χ0n) is 21.1. The van der Waals surface area contributed by atoms with Gasteiger partial charge in [-0.05, 0) is 54.8 Å². The van der Waals surface area contributed by atoms with Crippen molar-refractivity contribution in [1.82, 2.24) is 14.5 Å². The number of sulfonamides is 1. The van der Waals surface area contributed by atoms with E-state index in [0.717, 1.165) is 32.1 Å². The maximum atomic E-state index is 13.9. The van der Waals surface area contributed by atoms with Crippen molar-refractivity contribution in [3.63, 3.8) is 0 Å². The van der Waals surface area contributed by atoms with Gasteiger partial charge in [-0.15, -0.1) is 0 Å². The molecule has 1 aliphatic heterocycles. The molecule has 2 aliphatic rings. The number of furan rings is 1. The van der Waals surface area contributed by atoms with Crippen molar-refractivity contribution in [2.75, 3.05) is 6.54 Å². The number of halogens is 1. The van der Waals surface area contributed by atoms with Gasteiger partial charge in [0.2, 0.25) is 11.8 Å². The summed E-state index contributed by atoms with van der Waals surface area (Å²) in [4.78, 5) is 41.6. The third kappa shape index (κ3) is 5.44. The van der Waals surface area contributed by atoms with Crippen LogP contribution in [0.15, 0.2) is 76.2 Å². The van der Waals surface area contributed by atoms with Crippen LogP contribution >= 0.6 is 0 Å². The van der Waals surface area contributed by atoms with E-state index in [1.165, 1.54) is 53.6 Å². The molecule has 204 valence electrons. The molecule has 0 radical (unpaired) electrons. The molecule has 2 aromatic carbocycles. The van der Waals surface area contributed by atoms with E-state index in [1.807, 2.05) is 0 Å². The third-order valence-electron chi connectivity index (χ3n) is 7.11. The van der Waals surface area contributed by atoms with E-state index in [1.54, 1.807) is 18.2 Å². The summed E-state index contributed by atoms with van der Waals surface area (Å²) in [6.45, 7) is -0.994. The quantitative estimate of drug-likeness (QED) is 0.454. The second kappa shape index (κ2) is 11.0. The third-order valence-corrected chi connectivity index (χ3v) is 8.90. The van der Waals surface area contributed by atoms with Crippen molar-refractivity contribution in [3.8, 4) is 0 Å². The molecule has 1 atom stereocenters. The lowest BCUT2D eigenvalue weighted by Gasteiger charge is -2.33. The molecule has 39 heavy (non-hydrogen) atoms. The summed E-state index contributed by atoms with van der Waals surface area (Å²) in [6, 6.07) is 12.9. The minimum absolute atomic E-state index is 0.0204. The molecule has 5 rings (SSSR count). The average molecular weight is 554 g/mol. The fourth-order valence-electron chi connectivity index (χ4n) is 5.14. The molecule has 1 N–H and O–H groups in total. The molecule has 3 aromatic rings. The first-order valence-electron chi connectivity index (χ1n) is 12.8. The lowest BCUT2D eigenvalue weighted by molar-refractivity contribution is -0.142. The fraction of sp³-hybridized carbons (Fsp3) is 0.321. The molecule has 0 saturated heterocycles. The molecule has 1 aliphatic carbocycles. The number of rotatable bonds is 8. The zero-order chi connectivity index (χ0) is 27.6. The van der Waals surface area contributed by atoms with Crippen molar-refractivity contribution < 1.29 is 31.6 Å². The number of hydrogen-bond acceptors (Lipinski definition) is 6. The number of benzene rings is 2. The molecule has 1 saturated carbocycles. The smallest absolute Gasteiger partial charge is 0.269 e. The maximum Gasteiger partial charge on any atom is 0.269 e. The van der Waals surface area contributed by atoms with Crippen molar-refractivity contribution >= 4 is 27.7 Å². The summed E-state index contributed by atoms with van der Waals surface area (Å²) in [5, 5.41) is 3.02. The van der Waals surface area contributed by atoms with Gasteiger partial charge in [0.15, 0.2) is 0 Å². The predicted octanol–water partition coefficient (Wildman–Crippen LogP) is 3.78. The lowest BCUT2D eigenvalue weighted by atomic mass is 9.94. The van der Waals surface area contributed by atoms with Gasteiger partial charge in [0.25, 0.3) is 15.9 Å². The number of amides is 3. The van der Waals surface area contributed by atoms with Gasteiger partial charge < -0.3 is 14.6 Å². The minimum atomic E-state index is -4.26. The largest absolute Gasteiger partial charge is 0.467 e. The van der Waals surface area contributed by atoms with Gasteiger partial charge in [0, 0.05) is 6.04 Å². The number of carbonyl (C=O) groups excluding carboxylic acids is 3. The van der Waals surface area contributed by atoms with Gasteiger partial charge in [-0.2, -0.15) is 0 Å². The normalized spacial score (nSPS) is 17.5. The van der Waals surface area contributed by atoms with Gasteiger partial charge in [0.05, 0.1) is 18.4 Å². The van der Waals surface area contributed by atoms with Crippen LogP contribution in [0.4, 0.5) is 4.39 Å². The Morgan fingerprint density at radius 1 is 1.03 bits per heavy atom. The van der Waals surface area contributed by atoms with Crippen molar-refractivity contribution in [3.05, 3.63) is 89.6 Å². The Morgan fingerprint density at radius 2 is 1.74 bits per heavy atom. The summed E-state index contributed by atoms with van der Waals surface area (Å²) >= 11 is 0. The lowest BCUT2D eigenvalue weighted by Crippen LogP contribution is -2.49. The number of nitrogens with zero attached hydrogens (tertiary/aromatic N) is 2. The SMILES string of the molecule is O=C(NC1CCCCC1)[C@@H](c1ccc(F)cc1)N(Cc1ccco1)C(=O)CN1C(=O)c2ccccc2S1(=O)=O. The molecule has 9 nitrogen and oxygen atoms in total. The average Bonchev–Trinajstić information content (AvgIpc) is 3.51. The van der Waals surface area contributed by atoms with Crippen molar-refractivity contribution in [2.24, 2.45) is 0 Å². The van der Waals surface area contributed by atoms with E-state index in [2.05, 4.69) is 5.32 Å². The Hall–Kier alpha value is -3.99. The highest BCUT2D eigenvalue weighted by molar-refractivity contribution is 7.90. The second-order valence-corrected chi connectivity index (χ2v) is 11.5. The molecule has 0 bridgehead atoms. The maximum absolute atomic E-state index is 13.9. The van der Waals surface area contributed by atoms with Crippen LogP contribution in [0.2, 0.25) is 0 Å². The summed E-state index contributed by atoms with van der Waals surface area (Å²) in [5.41, 5.74) is 0.316. The number of nitrogens with one attached hydrogen (secondary N) is 1.